The monoisotopic (exact) mass is 297 g/mol. The maximum Gasteiger partial charge on any atom is 0.161 e. The lowest BCUT2D eigenvalue weighted by Gasteiger charge is -2.31. The molecule has 0 bridgehead atoms. The first-order valence-electron chi connectivity index (χ1n) is 7.40. The van der Waals surface area contributed by atoms with Crippen molar-refractivity contribution in [2.45, 2.75) is 31.7 Å². The van der Waals surface area contributed by atoms with Crippen LogP contribution >= 0.6 is 11.6 Å². The van der Waals surface area contributed by atoms with E-state index in [9.17, 15) is 0 Å². The van der Waals surface area contributed by atoms with Gasteiger partial charge in [0.05, 0.1) is 7.11 Å². The van der Waals surface area contributed by atoms with Crippen molar-refractivity contribution < 1.29 is 9.47 Å². The molecule has 20 heavy (non-hydrogen) atoms. The van der Waals surface area contributed by atoms with Crippen molar-refractivity contribution in [2.75, 3.05) is 26.1 Å². The largest absolute Gasteiger partial charge is 0.493 e. The molecular weight excluding hydrogens is 274 g/mol. The highest BCUT2D eigenvalue weighted by Crippen LogP contribution is 2.26. The van der Waals surface area contributed by atoms with Gasteiger partial charge in [0.1, 0.15) is 6.61 Å². The van der Waals surface area contributed by atoms with E-state index in [1.165, 1.54) is 25.7 Å². The Morgan fingerprint density at radius 2 is 1.95 bits per heavy atom. The van der Waals surface area contributed by atoms with Crippen LogP contribution in [-0.2, 0) is 0 Å². The molecule has 0 radical (unpaired) electrons. The third-order valence-corrected chi connectivity index (χ3v) is 4.34. The van der Waals surface area contributed by atoms with Crippen LogP contribution in [0.1, 0.15) is 25.7 Å². The first-order chi connectivity index (χ1) is 9.85. The fourth-order valence-corrected chi connectivity index (χ4v) is 3.17. The van der Waals surface area contributed by atoms with Crippen molar-refractivity contribution in [1.29, 1.82) is 0 Å². The van der Waals surface area contributed by atoms with Crippen molar-refractivity contribution in [2.24, 2.45) is 5.92 Å². The van der Waals surface area contributed by atoms with E-state index in [1.54, 1.807) is 7.11 Å². The maximum atomic E-state index is 6.04. The van der Waals surface area contributed by atoms with E-state index in [-0.39, 0.29) is 0 Å². The second-order valence-corrected chi connectivity index (χ2v) is 5.57. The number of methoxy groups -OCH3 is 1. The van der Waals surface area contributed by atoms with Gasteiger partial charge in [-0.1, -0.05) is 25.0 Å². The molecule has 0 spiro atoms. The summed E-state index contributed by atoms with van der Waals surface area (Å²) in [6.45, 7) is 1.49. The summed E-state index contributed by atoms with van der Waals surface area (Å²) >= 11 is 6.04. The third kappa shape index (κ3) is 4.29. The SMILES string of the molecule is COc1ccccc1OCCNC1CCCCC1CCl. The maximum absolute atomic E-state index is 6.04. The standard InChI is InChI=1S/C16H24ClNO2/c1-19-15-8-4-5-9-16(15)20-11-10-18-14-7-3-2-6-13(14)12-17/h4-5,8-9,13-14,18H,2-3,6-7,10-12H2,1H3. The van der Waals surface area contributed by atoms with Gasteiger partial charge in [0.2, 0.25) is 0 Å². The van der Waals surface area contributed by atoms with E-state index in [0.29, 0.717) is 18.6 Å². The molecule has 1 aliphatic carbocycles. The van der Waals surface area contributed by atoms with Gasteiger partial charge in [0, 0.05) is 18.5 Å². The number of para-hydroxylation sites is 2. The highest BCUT2D eigenvalue weighted by molar-refractivity contribution is 6.18. The highest BCUT2D eigenvalue weighted by atomic mass is 35.5. The average Bonchev–Trinajstić information content (AvgIpc) is 2.52. The Labute approximate surface area is 126 Å². The van der Waals surface area contributed by atoms with Crippen LogP contribution in [0.2, 0.25) is 0 Å². The van der Waals surface area contributed by atoms with Crippen LogP contribution in [-0.4, -0.2) is 32.2 Å². The molecule has 112 valence electrons. The van der Waals surface area contributed by atoms with E-state index in [4.69, 9.17) is 21.1 Å². The van der Waals surface area contributed by atoms with Crippen molar-refractivity contribution >= 4 is 11.6 Å². The Morgan fingerprint density at radius 1 is 1.20 bits per heavy atom. The zero-order valence-electron chi connectivity index (χ0n) is 12.1. The predicted molar refractivity (Wildman–Crippen MR) is 83.0 cm³/mol. The lowest BCUT2D eigenvalue weighted by Crippen LogP contribution is -2.41. The fourth-order valence-electron chi connectivity index (χ4n) is 2.80. The molecule has 1 aromatic rings. The number of hydrogen-bond donors (Lipinski definition) is 1. The summed E-state index contributed by atoms with van der Waals surface area (Å²) in [7, 11) is 1.66. The van der Waals surface area contributed by atoms with Gasteiger partial charge in [-0.3, -0.25) is 0 Å². The number of hydrogen-bond acceptors (Lipinski definition) is 3. The van der Waals surface area contributed by atoms with Gasteiger partial charge in [-0.15, -0.1) is 11.6 Å². The number of benzene rings is 1. The molecule has 0 aromatic heterocycles. The minimum absolute atomic E-state index is 0.544. The number of nitrogens with one attached hydrogen (secondary N) is 1. The van der Waals surface area contributed by atoms with Gasteiger partial charge in [-0.25, -0.2) is 0 Å². The van der Waals surface area contributed by atoms with Crippen LogP contribution < -0.4 is 14.8 Å². The zero-order chi connectivity index (χ0) is 14.2. The molecule has 1 N–H and O–H groups in total. The summed E-state index contributed by atoms with van der Waals surface area (Å²) in [4.78, 5) is 0. The lowest BCUT2D eigenvalue weighted by atomic mass is 9.86. The minimum atomic E-state index is 0.544. The van der Waals surface area contributed by atoms with Crippen LogP contribution in [0, 0.1) is 5.92 Å². The topological polar surface area (TPSA) is 30.5 Å². The predicted octanol–water partition coefficient (Wildman–Crippen LogP) is 3.46. The van der Waals surface area contributed by atoms with Crippen molar-refractivity contribution in [3.05, 3.63) is 24.3 Å². The van der Waals surface area contributed by atoms with Crippen LogP contribution in [0.4, 0.5) is 0 Å². The van der Waals surface area contributed by atoms with E-state index in [1.807, 2.05) is 24.3 Å². The molecule has 2 unspecified atom stereocenters. The molecule has 2 rings (SSSR count). The molecule has 2 atom stereocenters. The molecule has 1 fully saturated rings. The molecule has 1 aromatic carbocycles. The molecule has 0 heterocycles. The normalized spacial score (nSPS) is 22.5. The molecule has 1 saturated carbocycles. The average molecular weight is 298 g/mol. The zero-order valence-corrected chi connectivity index (χ0v) is 12.9. The van der Waals surface area contributed by atoms with Gasteiger partial charge in [-0.05, 0) is 30.9 Å². The molecular formula is C16H24ClNO2. The highest BCUT2D eigenvalue weighted by Gasteiger charge is 2.23. The fraction of sp³-hybridized carbons (Fsp3) is 0.625. The van der Waals surface area contributed by atoms with Crippen LogP contribution in [0.3, 0.4) is 0 Å². The van der Waals surface area contributed by atoms with Crippen LogP contribution in [0.15, 0.2) is 24.3 Å². The summed E-state index contributed by atoms with van der Waals surface area (Å²) in [5.74, 6) is 2.94. The van der Waals surface area contributed by atoms with Gasteiger partial charge in [-0.2, -0.15) is 0 Å². The van der Waals surface area contributed by atoms with Crippen LogP contribution in [0.5, 0.6) is 11.5 Å². The summed E-state index contributed by atoms with van der Waals surface area (Å²) < 4.78 is 11.0. The molecule has 3 nitrogen and oxygen atoms in total. The Bertz CT molecular complexity index is 400. The Hall–Kier alpha value is -0.930. The second-order valence-electron chi connectivity index (χ2n) is 5.26. The summed E-state index contributed by atoms with van der Waals surface area (Å²) in [6.07, 6.45) is 5.09. The van der Waals surface area contributed by atoms with Crippen molar-refractivity contribution in [1.82, 2.24) is 5.32 Å². The van der Waals surface area contributed by atoms with Gasteiger partial charge in [0.25, 0.3) is 0 Å². The first-order valence-corrected chi connectivity index (χ1v) is 7.93. The molecule has 4 heteroatoms. The quantitative estimate of drug-likeness (QED) is 0.617. The second kappa shape index (κ2) is 8.38. The Morgan fingerprint density at radius 3 is 2.70 bits per heavy atom. The van der Waals surface area contributed by atoms with Gasteiger partial charge >= 0.3 is 0 Å². The van der Waals surface area contributed by atoms with Gasteiger partial charge in [0.15, 0.2) is 11.5 Å². The first kappa shape index (κ1) is 15.5. The van der Waals surface area contributed by atoms with E-state index < -0.39 is 0 Å². The molecule has 0 aliphatic heterocycles. The summed E-state index contributed by atoms with van der Waals surface area (Å²) in [5, 5.41) is 3.58. The van der Waals surface area contributed by atoms with Crippen molar-refractivity contribution in [3.63, 3.8) is 0 Å². The Kier molecular flexibility index (Phi) is 6.48. The van der Waals surface area contributed by atoms with E-state index in [2.05, 4.69) is 5.32 Å². The third-order valence-electron chi connectivity index (χ3n) is 3.94. The van der Waals surface area contributed by atoms with E-state index in [0.717, 1.165) is 23.9 Å². The lowest BCUT2D eigenvalue weighted by molar-refractivity contribution is 0.247. The molecule has 0 saturated heterocycles. The summed E-state index contributed by atoms with van der Waals surface area (Å²) in [5.41, 5.74) is 0. The van der Waals surface area contributed by atoms with Crippen molar-refractivity contribution in [3.8, 4) is 11.5 Å². The number of halogens is 1. The smallest absolute Gasteiger partial charge is 0.161 e. The molecule has 0 amide bonds. The van der Waals surface area contributed by atoms with Crippen LogP contribution in [0.25, 0.3) is 0 Å². The number of alkyl halides is 1. The molecule has 1 aliphatic rings. The van der Waals surface area contributed by atoms with E-state index >= 15 is 0 Å². The summed E-state index contributed by atoms with van der Waals surface area (Å²) in [6, 6.07) is 8.28. The number of ether oxygens (including phenoxy) is 2. The van der Waals surface area contributed by atoms with Gasteiger partial charge < -0.3 is 14.8 Å². The minimum Gasteiger partial charge on any atom is -0.493 e. The number of rotatable bonds is 7. The Balaban J connectivity index is 1.73.